The Balaban J connectivity index is 0. The fraction of sp³-hybridized carbons (Fsp3) is 0. The standard InChI is InChI=1S/C5H5.Mo.H3Si/c1-2-4-5-3-1;;/h1-5H;;1H3/q-1;;. The maximum Gasteiger partial charge on any atom is 0 e. The van der Waals surface area contributed by atoms with Crippen LogP contribution in [0.3, 0.4) is 0 Å². The van der Waals surface area contributed by atoms with Gasteiger partial charge in [-0.15, -0.1) is 0 Å². The molecule has 1 rings (SSSR count). The van der Waals surface area contributed by atoms with Crippen LogP contribution >= 0.6 is 0 Å². The van der Waals surface area contributed by atoms with E-state index < -0.39 is 0 Å². The van der Waals surface area contributed by atoms with E-state index in [0.717, 1.165) is 0 Å². The van der Waals surface area contributed by atoms with E-state index >= 15 is 0 Å². The number of rotatable bonds is 0. The molecular weight excluding hydrogens is 184 g/mol. The van der Waals surface area contributed by atoms with Gasteiger partial charge in [-0.1, -0.05) is 0 Å². The predicted molar refractivity (Wildman–Crippen MR) is 32.0 cm³/mol. The van der Waals surface area contributed by atoms with Crippen LogP contribution in [0, 0.1) is 0 Å². The van der Waals surface area contributed by atoms with Crippen LogP contribution in [0.5, 0.6) is 0 Å². The van der Waals surface area contributed by atoms with E-state index in [1.54, 1.807) is 0 Å². The molecule has 0 spiro atoms. The largest absolute Gasteiger partial charge is 0.214 e. The molecule has 0 aliphatic heterocycles. The van der Waals surface area contributed by atoms with Crippen LogP contribution in [0.2, 0.25) is 0 Å². The van der Waals surface area contributed by atoms with Crippen molar-refractivity contribution in [3.63, 3.8) is 0 Å². The maximum absolute atomic E-state index is 2.00. The van der Waals surface area contributed by atoms with Crippen LogP contribution in [-0.4, -0.2) is 11.0 Å². The van der Waals surface area contributed by atoms with Crippen LogP contribution in [-0.2, 0) is 21.1 Å². The minimum atomic E-state index is 0. The van der Waals surface area contributed by atoms with E-state index in [4.69, 9.17) is 0 Å². The summed E-state index contributed by atoms with van der Waals surface area (Å²) in [5.74, 6) is 0. The van der Waals surface area contributed by atoms with Crippen LogP contribution in [0.25, 0.3) is 0 Å². The van der Waals surface area contributed by atoms with Crippen LogP contribution in [0.15, 0.2) is 30.3 Å². The molecule has 39 valence electrons. The van der Waals surface area contributed by atoms with Crippen LogP contribution < -0.4 is 0 Å². The zero-order valence-electron chi connectivity index (χ0n) is 4.29. The molecule has 1 radical (unpaired) electrons. The van der Waals surface area contributed by atoms with Gasteiger partial charge < -0.3 is 0 Å². The van der Waals surface area contributed by atoms with E-state index in [1.807, 2.05) is 30.3 Å². The van der Waals surface area contributed by atoms with Gasteiger partial charge in [-0.05, 0) is 11.0 Å². The number of hydrogen-bond donors (Lipinski definition) is 0. The first-order valence-corrected chi connectivity index (χ1v) is 1.67. The quantitative estimate of drug-likeness (QED) is 0.407. The van der Waals surface area contributed by atoms with E-state index in [0.29, 0.717) is 0 Å². The summed E-state index contributed by atoms with van der Waals surface area (Å²) < 4.78 is 0. The van der Waals surface area contributed by atoms with Gasteiger partial charge in [0.25, 0.3) is 0 Å². The van der Waals surface area contributed by atoms with E-state index in [2.05, 4.69) is 0 Å². The third-order valence-electron chi connectivity index (χ3n) is 0.556. The first kappa shape index (κ1) is 10.3. The summed E-state index contributed by atoms with van der Waals surface area (Å²) in [6, 6.07) is 10.0. The van der Waals surface area contributed by atoms with Crippen molar-refractivity contribution in [3.05, 3.63) is 30.3 Å². The first-order chi connectivity index (χ1) is 2.50. The van der Waals surface area contributed by atoms with E-state index in [1.165, 1.54) is 0 Å². The molecule has 0 saturated heterocycles. The molecule has 1 aromatic rings. The Labute approximate surface area is 62.6 Å². The van der Waals surface area contributed by atoms with Gasteiger partial charge >= 0.3 is 0 Å². The van der Waals surface area contributed by atoms with Crippen molar-refractivity contribution >= 4 is 11.0 Å². The molecule has 0 nitrogen and oxygen atoms in total. The second kappa shape index (κ2) is 6.26. The second-order valence-corrected chi connectivity index (χ2v) is 0.962. The molecule has 0 aromatic heterocycles. The van der Waals surface area contributed by atoms with E-state index in [-0.39, 0.29) is 32.0 Å². The van der Waals surface area contributed by atoms with Crippen molar-refractivity contribution in [2.45, 2.75) is 0 Å². The van der Waals surface area contributed by atoms with Gasteiger partial charge in [0, 0.05) is 21.1 Å². The Morgan fingerprint density at radius 1 is 1.00 bits per heavy atom. The molecular formula is C5H8MoSi-. The van der Waals surface area contributed by atoms with Gasteiger partial charge in [0.2, 0.25) is 0 Å². The molecule has 7 heavy (non-hydrogen) atoms. The normalized spacial score (nSPS) is 5.71. The topological polar surface area (TPSA) is 0 Å². The van der Waals surface area contributed by atoms with Gasteiger partial charge in [-0.3, -0.25) is 0 Å². The average molecular weight is 192 g/mol. The fourth-order valence-electron chi connectivity index (χ4n) is 0.321. The molecule has 0 saturated carbocycles. The van der Waals surface area contributed by atoms with Crippen LogP contribution in [0.1, 0.15) is 0 Å². The molecule has 0 atom stereocenters. The molecule has 0 fully saturated rings. The molecule has 0 aliphatic carbocycles. The van der Waals surface area contributed by atoms with Gasteiger partial charge in [0.05, 0.1) is 0 Å². The fourth-order valence-corrected chi connectivity index (χ4v) is 0.321. The SMILES string of the molecule is [Mo].[SiH3].c1cc[cH-]c1. The predicted octanol–water partition coefficient (Wildman–Crippen LogP) is 0.219. The molecule has 0 unspecified atom stereocenters. The summed E-state index contributed by atoms with van der Waals surface area (Å²) in [6.07, 6.45) is 0. The third kappa shape index (κ3) is 4.10. The van der Waals surface area contributed by atoms with Gasteiger partial charge in [0.1, 0.15) is 0 Å². The van der Waals surface area contributed by atoms with Gasteiger partial charge in [-0.2, -0.15) is 18.2 Å². The smallest absolute Gasteiger partial charge is 0 e. The summed E-state index contributed by atoms with van der Waals surface area (Å²) in [6.45, 7) is 0. The summed E-state index contributed by atoms with van der Waals surface area (Å²) in [4.78, 5) is 0. The molecule has 2 heteroatoms. The maximum atomic E-state index is 2.00. The van der Waals surface area contributed by atoms with Crippen molar-refractivity contribution in [2.75, 3.05) is 0 Å². The zero-order chi connectivity index (χ0) is 3.54. The summed E-state index contributed by atoms with van der Waals surface area (Å²) in [5.41, 5.74) is 0. The molecule has 0 amide bonds. The summed E-state index contributed by atoms with van der Waals surface area (Å²) in [5, 5.41) is 0. The van der Waals surface area contributed by atoms with Gasteiger partial charge in [-0.25, -0.2) is 12.1 Å². The molecule has 1 aromatic carbocycles. The van der Waals surface area contributed by atoms with Crippen molar-refractivity contribution in [2.24, 2.45) is 0 Å². The third-order valence-corrected chi connectivity index (χ3v) is 0.556. The monoisotopic (exact) mass is 194 g/mol. The Hall–Kier alpha value is 0.255. The zero-order valence-corrected chi connectivity index (χ0v) is 8.30. The summed E-state index contributed by atoms with van der Waals surface area (Å²) >= 11 is 0. The molecule has 0 bridgehead atoms. The number of hydrogen-bond acceptors (Lipinski definition) is 0. The molecule has 0 N–H and O–H groups in total. The Morgan fingerprint density at radius 3 is 1.57 bits per heavy atom. The van der Waals surface area contributed by atoms with E-state index in [9.17, 15) is 0 Å². The van der Waals surface area contributed by atoms with Gasteiger partial charge in [0.15, 0.2) is 0 Å². The van der Waals surface area contributed by atoms with Crippen molar-refractivity contribution in [3.8, 4) is 0 Å². The second-order valence-electron chi connectivity index (χ2n) is 0.962. The minimum Gasteiger partial charge on any atom is -0.214 e. The van der Waals surface area contributed by atoms with Crippen molar-refractivity contribution in [1.29, 1.82) is 0 Å². The Morgan fingerprint density at radius 2 is 1.43 bits per heavy atom. The van der Waals surface area contributed by atoms with Crippen molar-refractivity contribution in [1.82, 2.24) is 0 Å². The van der Waals surface area contributed by atoms with Crippen LogP contribution in [0.4, 0.5) is 0 Å². The molecule has 0 heterocycles. The average Bonchev–Trinajstić information content (AvgIpc) is 1.76. The van der Waals surface area contributed by atoms with Crippen molar-refractivity contribution < 1.29 is 21.1 Å². The Bertz CT molecular complexity index is 64.6. The Kier molecular flexibility index (Phi) is 9.19. The molecule has 0 aliphatic rings. The minimum absolute atomic E-state index is 0. The first-order valence-electron chi connectivity index (χ1n) is 1.67. The summed E-state index contributed by atoms with van der Waals surface area (Å²) in [7, 11) is 0.